The minimum Gasteiger partial charge on any atom is -0.318 e. The zero-order valence-electron chi connectivity index (χ0n) is 14.8. The van der Waals surface area contributed by atoms with Gasteiger partial charge >= 0.3 is 7.60 Å². The number of nitro groups is 1. The van der Waals surface area contributed by atoms with Crippen molar-refractivity contribution in [2.75, 3.05) is 25.6 Å². The highest BCUT2D eigenvalue weighted by Gasteiger charge is 2.48. The lowest BCUT2D eigenvalue weighted by molar-refractivity contribution is -0.383. The van der Waals surface area contributed by atoms with Gasteiger partial charge in [0.1, 0.15) is 11.5 Å². The van der Waals surface area contributed by atoms with E-state index < -0.39 is 30.3 Å². The molecule has 26 heavy (non-hydrogen) atoms. The van der Waals surface area contributed by atoms with Crippen LogP contribution in [0.15, 0.2) is 24.3 Å². The van der Waals surface area contributed by atoms with Crippen LogP contribution in [0.1, 0.15) is 20.3 Å². The molecule has 0 saturated carbocycles. The Morgan fingerprint density at radius 3 is 2.58 bits per heavy atom. The topological polar surface area (TPSA) is 120 Å². The normalized spacial score (nSPS) is 20.9. The first-order chi connectivity index (χ1) is 12.3. The number of nitrogens with zero attached hydrogens (tertiary/aromatic N) is 2. The average Bonchev–Trinajstić information content (AvgIpc) is 2.98. The summed E-state index contributed by atoms with van der Waals surface area (Å²) in [6.45, 7) is 3.77. The molecule has 11 heteroatoms. The molecular weight excluding hydrogens is 365 g/mol. The van der Waals surface area contributed by atoms with Crippen LogP contribution in [0.2, 0.25) is 0 Å². The van der Waals surface area contributed by atoms with Crippen LogP contribution in [0.5, 0.6) is 0 Å². The molecule has 0 unspecified atom stereocenters. The van der Waals surface area contributed by atoms with Crippen molar-refractivity contribution in [3.8, 4) is 0 Å². The molecule has 2 rings (SSSR count). The van der Waals surface area contributed by atoms with Crippen LogP contribution in [0.3, 0.4) is 0 Å². The fraction of sp³-hybridized carbons (Fsp3) is 0.533. The van der Waals surface area contributed by atoms with Gasteiger partial charge in [-0.3, -0.25) is 24.3 Å². The van der Waals surface area contributed by atoms with Gasteiger partial charge in [0.15, 0.2) is 6.10 Å². The summed E-state index contributed by atoms with van der Waals surface area (Å²) in [7, 11) is -1.96. The molecule has 1 heterocycles. The van der Waals surface area contributed by atoms with Crippen LogP contribution >= 0.6 is 7.60 Å². The van der Waals surface area contributed by atoms with Gasteiger partial charge in [0, 0.05) is 19.5 Å². The third kappa shape index (κ3) is 4.46. The van der Waals surface area contributed by atoms with Gasteiger partial charge in [0.25, 0.3) is 11.6 Å². The maximum absolute atomic E-state index is 12.9. The highest BCUT2D eigenvalue weighted by molar-refractivity contribution is 7.54. The van der Waals surface area contributed by atoms with E-state index in [1.54, 1.807) is 19.9 Å². The summed E-state index contributed by atoms with van der Waals surface area (Å²) in [5, 5.41) is 14.8. The maximum Gasteiger partial charge on any atom is 0.350 e. The molecular formula is C15H22N3O7P. The van der Waals surface area contributed by atoms with E-state index in [1.807, 2.05) is 0 Å². The Morgan fingerprint density at radius 2 is 2.00 bits per heavy atom. The van der Waals surface area contributed by atoms with Gasteiger partial charge in [-0.2, -0.15) is 5.06 Å². The molecule has 0 spiro atoms. The lowest BCUT2D eigenvalue weighted by atomic mass is 10.2. The first kappa shape index (κ1) is 20.5. The fourth-order valence-electron chi connectivity index (χ4n) is 2.66. The van der Waals surface area contributed by atoms with Gasteiger partial charge in [0.05, 0.1) is 18.1 Å². The highest BCUT2D eigenvalue weighted by Crippen LogP contribution is 2.57. The Kier molecular flexibility index (Phi) is 6.85. The molecule has 1 aliphatic heterocycles. The molecule has 0 radical (unpaired) electrons. The van der Waals surface area contributed by atoms with E-state index in [9.17, 15) is 19.5 Å². The Bertz CT molecular complexity index is 704. The molecule has 2 atom stereocenters. The van der Waals surface area contributed by atoms with Crippen LogP contribution in [-0.2, 0) is 23.2 Å². The van der Waals surface area contributed by atoms with Crippen LogP contribution in [0, 0.1) is 10.1 Å². The van der Waals surface area contributed by atoms with Crippen molar-refractivity contribution in [2.24, 2.45) is 0 Å². The standard InChI is InChI=1S/C15H22N3O7P/c1-4-23-26(22,24-5-2)14-10-13(25-17(14)3)15(19)16-11-8-6-7-9-12(11)18(20)21/h6-9,13-14H,4-5,10H2,1-3H3,(H,16,19)/t13-,14-/m1/s1. The summed E-state index contributed by atoms with van der Waals surface area (Å²) in [5.74, 6) is -1.32. The maximum atomic E-state index is 12.9. The van der Waals surface area contributed by atoms with Gasteiger partial charge in [-0.25, -0.2) is 0 Å². The van der Waals surface area contributed by atoms with Gasteiger partial charge in [-0.05, 0) is 19.9 Å². The number of para-hydroxylation sites is 2. The highest BCUT2D eigenvalue weighted by atomic mass is 31.2. The van der Waals surface area contributed by atoms with Crippen LogP contribution < -0.4 is 5.32 Å². The lowest BCUT2D eigenvalue weighted by Crippen LogP contribution is -2.28. The van der Waals surface area contributed by atoms with Gasteiger partial charge in [0.2, 0.25) is 0 Å². The first-order valence-corrected chi connectivity index (χ1v) is 9.76. The molecule has 1 N–H and O–H groups in total. The van der Waals surface area contributed by atoms with Crippen molar-refractivity contribution < 1.29 is 28.2 Å². The minimum absolute atomic E-state index is 0.0648. The molecule has 1 saturated heterocycles. The predicted octanol–water partition coefficient (Wildman–Crippen LogP) is 2.76. The first-order valence-electron chi connectivity index (χ1n) is 8.15. The van der Waals surface area contributed by atoms with E-state index in [2.05, 4.69) is 5.32 Å². The third-order valence-electron chi connectivity index (χ3n) is 3.77. The van der Waals surface area contributed by atoms with Gasteiger partial charge < -0.3 is 14.4 Å². The number of amides is 1. The van der Waals surface area contributed by atoms with Gasteiger partial charge in [-0.15, -0.1) is 0 Å². The Hall–Kier alpha value is -1.84. The van der Waals surface area contributed by atoms with E-state index in [0.717, 1.165) is 0 Å². The number of rotatable bonds is 8. The van der Waals surface area contributed by atoms with Crippen LogP contribution in [0.25, 0.3) is 0 Å². The van der Waals surface area contributed by atoms with E-state index in [1.165, 1.54) is 30.3 Å². The Morgan fingerprint density at radius 1 is 1.38 bits per heavy atom. The zero-order chi connectivity index (χ0) is 19.3. The van der Waals surface area contributed by atoms with Crippen molar-refractivity contribution in [1.82, 2.24) is 5.06 Å². The second kappa shape index (κ2) is 8.70. The molecule has 1 fully saturated rings. The summed E-state index contributed by atoms with van der Waals surface area (Å²) in [6, 6.07) is 5.80. The van der Waals surface area contributed by atoms with E-state index in [0.29, 0.717) is 0 Å². The summed E-state index contributed by atoms with van der Waals surface area (Å²) < 4.78 is 23.5. The van der Waals surface area contributed by atoms with Gasteiger partial charge in [-0.1, -0.05) is 12.1 Å². The number of hydrogen-bond donors (Lipinski definition) is 1. The van der Waals surface area contributed by atoms with Crippen molar-refractivity contribution >= 4 is 24.9 Å². The number of benzene rings is 1. The second-order valence-corrected chi connectivity index (χ2v) is 7.69. The molecule has 10 nitrogen and oxygen atoms in total. The SMILES string of the molecule is CCOP(=O)(OCC)[C@@H]1C[C@H](C(=O)Nc2ccccc2[N+](=O)[O-])ON1C. The molecule has 0 aromatic heterocycles. The third-order valence-corrected chi connectivity index (χ3v) is 6.27. The number of hydroxylamine groups is 2. The van der Waals surface area contributed by atoms with E-state index >= 15 is 0 Å². The molecule has 1 amide bonds. The van der Waals surface area contributed by atoms with Crippen LogP contribution in [0.4, 0.5) is 11.4 Å². The number of carbonyl (C=O) groups excluding carboxylic acids is 1. The van der Waals surface area contributed by atoms with Crippen molar-refractivity contribution in [2.45, 2.75) is 32.2 Å². The van der Waals surface area contributed by atoms with E-state index in [-0.39, 0.29) is 31.0 Å². The number of nitro benzene ring substituents is 1. The largest absolute Gasteiger partial charge is 0.350 e. The number of anilines is 1. The molecule has 0 aliphatic carbocycles. The van der Waals surface area contributed by atoms with Crippen molar-refractivity contribution in [1.29, 1.82) is 0 Å². The lowest BCUT2D eigenvalue weighted by Gasteiger charge is -2.25. The summed E-state index contributed by atoms with van der Waals surface area (Å²) >= 11 is 0. The summed E-state index contributed by atoms with van der Waals surface area (Å²) in [4.78, 5) is 28.4. The smallest absolute Gasteiger partial charge is 0.318 e. The fourth-order valence-corrected chi connectivity index (χ4v) is 4.70. The minimum atomic E-state index is -3.50. The number of nitrogens with one attached hydrogen (secondary N) is 1. The Balaban J connectivity index is 2.13. The van der Waals surface area contributed by atoms with Crippen LogP contribution in [-0.4, -0.2) is 48.0 Å². The second-order valence-electron chi connectivity index (χ2n) is 5.50. The van der Waals surface area contributed by atoms with E-state index in [4.69, 9.17) is 13.9 Å². The summed E-state index contributed by atoms with van der Waals surface area (Å²) in [6.07, 6.45) is -0.903. The molecule has 1 aromatic rings. The van der Waals surface area contributed by atoms with Crippen molar-refractivity contribution in [3.63, 3.8) is 0 Å². The zero-order valence-corrected chi connectivity index (χ0v) is 15.7. The molecule has 144 valence electrons. The number of hydrogen-bond acceptors (Lipinski definition) is 8. The van der Waals surface area contributed by atoms with Crippen molar-refractivity contribution in [3.05, 3.63) is 34.4 Å². The summed E-state index contributed by atoms with van der Waals surface area (Å²) in [5.41, 5.74) is -0.159. The monoisotopic (exact) mass is 387 g/mol. The predicted molar refractivity (Wildman–Crippen MR) is 93.6 cm³/mol. The molecule has 1 aromatic carbocycles. The average molecular weight is 387 g/mol. The quantitative estimate of drug-likeness (QED) is 0.411. The molecule has 0 bridgehead atoms. The number of carbonyl (C=O) groups is 1. The Labute approximate surface area is 151 Å². The molecule has 1 aliphatic rings.